The zero-order valence-corrected chi connectivity index (χ0v) is 20.4. The van der Waals surface area contributed by atoms with Crippen LogP contribution in [0.5, 0.6) is 0 Å². The Balaban J connectivity index is 1.42. The lowest BCUT2D eigenvalue weighted by Crippen LogP contribution is -2.53. The highest BCUT2D eigenvalue weighted by Crippen LogP contribution is 2.32. The number of hydrogen-bond donors (Lipinski definition) is 1. The van der Waals surface area contributed by atoms with Crippen LogP contribution in [0.4, 0.5) is 5.95 Å². The second kappa shape index (κ2) is 8.69. The number of halogens is 1. The number of hydrogen-bond acceptors (Lipinski definition) is 4. The predicted octanol–water partition coefficient (Wildman–Crippen LogP) is 4.04. The third-order valence-electron chi connectivity index (χ3n) is 6.92. The maximum atomic E-state index is 13.6. The number of nitrogens with zero attached hydrogens (tertiary/aromatic N) is 3. The molecular weight excluding hydrogens is 456 g/mol. The van der Waals surface area contributed by atoms with Gasteiger partial charge in [-0.3, -0.25) is 9.00 Å². The average molecular weight is 485 g/mol. The monoisotopic (exact) mass is 484 g/mol. The summed E-state index contributed by atoms with van der Waals surface area (Å²) in [6, 6.07) is 14.0. The van der Waals surface area contributed by atoms with Crippen LogP contribution in [0.2, 0.25) is 5.02 Å². The number of amides is 1. The fraction of sp³-hybridized carbons (Fsp3) is 0.400. The summed E-state index contributed by atoms with van der Waals surface area (Å²) in [5, 5.41) is 0.705. The van der Waals surface area contributed by atoms with Crippen molar-refractivity contribution in [2.45, 2.75) is 25.8 Å². The minimum atomic E-state index is -2.01. The molecule has 1 atom stereocenters. The second-order valence-electron chi connectivity index (χ2n) is 9.23. The van der Waals surface area contributed by atoms with E-state index < -0.39 is 9.52 Å². The first-order valence-electron chi connectivity index (χ1n) is 11.4. The van der Waals surface area contributed by atoms with Crippen LogP contribution in [0.3, 0.4) is 0 Å². The fourth-order valence-corrected chi connectivity index (χ4v) is 6.71. The Morgan fingerprint density at radius 2 is 1.91 bits per heavy atom. The van der Waals surface area contributed by atoms with E-state index in [1.807, 2.05) is 42.2 Å². The van der Waals surface area contributed by atoms with Crippen LogP contribution in [0.15, 0.2) is 42.5 Å². The highest BCUT2D eigenvalue weighted by molar-refractivity contribution is 8.00. The van der Waals surface area contributed by atoms with Gasteiger partial charge in [-0.15, -0.1) is 0 Å². The molecule has 8 heteroatoms. The number of aromatic amines is 1. The van der Waals surface area contributed by atoms with Crippen LogP contribution in [0.25, 0.3) is 11.0 Å². The van der Waals surface area contributed by atoms with Gasteiger partial charge in [0.15, 0.2) is 0 Å². The van der Waals surface area contributed by atoms with E-state index in [4.69, 9.17) is 16.6 Å². The third kappa shape index (κ3) is 4.49. The summed E-state index contributed by atoms with van der Waals surface area (Å²) in [5.74, 6) is 5.83. The van der Waals surface area contributed by atoms with Crippen LogP contribution < -0.4 is 4.90 Å². The zero-order valence-electron chi connectivity index (χ0n) is 18.8. The first-order valence-corrected chi connectivity index (χ1v) is 13.8. The van der Waals surface area contributed by atoms with E-state index in [1.54, 1.807) is 0 Å². The van der Waals surface area contributed by atoms with E-state index in [-0.39, 0.29) is 17.9 Å². The summed E-state index contributed by atoms with van der Waals surface area (Å²) in [5.41, 5.74) is 3.92. The van der Waals surface area contributed by atoms with Crippen LogP contribution in [0, 0.1) is 12.8 Å². The van der Waals surface area contributed by atoms with Crippen LogP contribution in [-0.2, 0) is 14.3 Å². The van der Waals surface area contributed by atoms with Crippen molar-refractivity contribution in [1.29, 1.82) is 0 Å². The normalized spacial score (nSPS) is 26.0. The smallest absolute Gasteiger partial charge is 0.226 e. The van der Waals surface area contributed by atoms with Gasteiger partial charge in [-0.2, -0.15) is 0 Å². The lowest BCUT2D eigenvalue weighted by Gasteiger charge is -2.43. The molecule has 2 aliphatic heterocycles. The summed E-state index contributed by atoms with van der Waals surface area (Å²) in [7, 11) is -2.01. The Labute approximate surface area is 199 Å². The molecule has 5 rings (SSSR count). The number of aromatic nitrogens is 2. The van der Waals surface area contributed by atoms with Gasteiger partial charge in [0.05, 0.1) is 17.1 Å². The average Bonchev–Trinajstić information content (AvgIpc) is 3.22. The van der Waals surface area contributed by atoms with Crippen molar-refractivity contribution < 1.29 is 9.00 Å². The van der Waals surface area contributed by atoms with Gasteiger partial charge in [0, 0.05) is 42.1 Å². The SMILES string of the molecule is C=S1(=O)CCC(C(=O)N2CCN(c3nc4cc(Cl)c(C)cc4[nH]3)CC2c2ccccc2)CC1. The van der Waals surface area contributed by atoms with Crippen molar-refractivity contribution in [2.24, 2.45) is 5.92 Å². The van der Waals surface area contributed by atoms with Crippen molar-refractivity contribution >= 4 is 49.9 Å². The van der Waals surface area contributed by atoms with Crippen LogP contribution >= 0.6 is 11.6 Å². The van der Waals surface area contributed by atoms with E-state index in [9.17, 15) is 9.00 Å². The highest BCUT2D eigenvalue weighted by Gasteiger charge is 2.37. The lowest BCUT2D eigenvalue weighted by atomic mass is 9.96. The minimum absolute atomic E-state index is 0.0722. The molecule has 0 spiro atoms. The van der Waals surface area contributed by atoms with E-state index >= 15 is 0 Å². The van der Waals surface area contributed by atoms with Crippen molar-refractivity contribution in [3.8, 4) is 0 Å². The molecule has 0 aliphatic carbocycles. The maximum Gasteiger partial charge on any atom is 0.226 e. The molecule has 0 saturated carbocycles. The molecule has 2 saturated heterocycles. The van der Waals surface area contributed by atoms with Gasteiger partial charge in [0.25, 0.3) is 0 Å². The third-order valence-corrected chi connectivity index (χ3v) is 9.29. The Hall–Kier alpha value is -2.51. The Bertz CT molecular complexity index is 1240. The number of carbonyl (C=O) groups excluding carboxylic acids is 1. The number of aryl methyl sites for hydroxylation is 1. The zero-order chi connectivity index (χ0) is 23.2. The number of piperazine rings is 1. The molecule has 2 aliphatic rings. The topological polar surface area (TPSA) is 69.3 Å². The molecule has 1 unspecified atom stereocenters. The van der Waals surface area contributed by atoms with Crippen LogP contribution in [0.1, 0.15) is 30.0 Å². The number of fused-ring (bicyclic) bond motifs is 1. The highest BCUT2D eigenvalue weighted by atomic mass is 35.5. The quantitative estimate of drug-likeness (QED) is 0.569. The van der Waals surface area contributed by atoms with E-state index in [0.29, 0.717) is 49.0 Å². The number of carbonyl (C=O) groups is 1. The van der Waals surface area contributed by atoms with Crippen molar-refractivity contribution in [1.82, 2.24) is 14.9 Å². The van der Waals surface area contributed by atoms with Crippen molar-refractivity contribution in [2.75, 3.05) is 36.0 Å². The van der Waals surface area contributed by atoms with Gasteiger partial charge in [-0.1, -0.05) is 41.9 Å². The summed E-state index contributed by atoms with van der Waals surface area (Å²) >= 11 is 6.30. The standard InChI is InChI=1S/C25H29ClN4O2S/c1-17-14-21-22(15-20(17)26)28-25(27-21)29-10-11-30(23(16-29)18-6-4-3-5-7-18)24(31)19-8-12-33(2,32)13-9-19/h3-7,14-15,19,23H,2,8-13,16H2,1H3,(H,27,28). The summed E-state index contributed by atoms with van der Waals surface area (Å²) in [6.45, 7) is 3.95. The molecule has 6 nitrogen and oxygen atoms in total. The number of anilines is 1. The largest absolute Gasteiger partial charge is 0.338 e. The fourth-order valence-electron chi connectivity index (χ4n) is 4.92. The summed E-state index contributed by atoms with van der Waals surface area (Å²) < 4.78 is 12.3. The second-order valence-corrected chi connectivity index (χ2v) is 12.4. The Morgan fingerprint density at radius 1 is 1.18 bits per heavy atom. The number of rotatable bonds is 3. The van der Waals surface area contributed by atoms with Gasteiger partial charge >= 0.3 is 0 Å². The van der Waals surface area contributed by atoms with Crippen LogP contribution in [-0.4, -0.2) is 62.0 Å². The van der Waals surface area contributed by atoms with Crippen molar-refractivity contribution in [3.05, 3.63) is 58.6 Å². The molecule has 2 fully saturated rings. The molecule has 1 aromatic heterocycles. The van der Waals surface area contributed by atoms with Gasteiger partial charge in [0.2, 0.25) is 11.9 Å². The van der Waals surface area contributed by atoms with Crippen molar-refractivity contribution in [3.63, 3.8) is 0 Å². The molecule has 2 aromatic carbocycles. The summed E-state index contributed by atoms with van der Waals surface area (Å²) in [4.78, 5) is 26.0. The number of imidazole rings is 1. The predicted molar refractivity (Wildman–Crippen MR) is 137 cm³/mol. The molecule has 3 aromatic rings. The van der Waals surface area contributed by atoms with E-state index in [1.165, 1.54) is 0 Å². The first kappa shape index (κ1) is 22.3. The molecule has 0 bridgehead atoms. The molecular formula is C25H29ClN4O2S. The van der Waals surface area contributed by atoms with Gasteiger partial charge in [-0.25, -0.2) is 4.98 Å². The number of nitrogens with one attached hydrogen (secondary N) is 1. The Kier molecular flexibility index (Phi) is 5.87. The summed E-state index contributed by atoms with van der Waals surface area (Å²) in [6.07, 6.45) is 1.32. The van der Waals surface area contributed by atoms with Gasteiger partial charge in [-0.05, 0) is 58.4 Å². The first-order chi connectivity index (χ1) is 15.8. The molecule has 3 heterocycles. The number of H-pyrrole nitrogens is 1. The number of benzene rings is 2. The molecule has 1 amide bonds. The van der Waals surface area contributed by atoms with Gasteiger partial charge < -0.3 is 14.8 Å². The lowest BCUT2D eigenvalue weighted by molar-refractivity contribution is -0.138. The van der Waals surface area contributed by atoms with E-state index in [2.05, 4.69) is 27.9 Å². The molecule has 0 radical (unpaired) electrons. The van der Waals surface area contributed by atoms with Gasteiger partial charge in [0.1, 0.15) is 0 Å². The molecule has 33 heavy (non-hydrogen) atoms. The van der Waals surface area contributed by atoms with E-state index in [0.717, 1.165) is 28.1 Å². The minimum Gasteiger partial charge on any atom is -0.338 e. The Morgan fingerprint density at radius 3 is 2.64 bits per heavy atom. The molecule has 1 N–H and O–H groups in total. The maximum absolute atomic E-state index is 13.6. The molecule has 174 valence electrons.